The van der Waals surface area contributed by atoms with Crippen LogP contribution in [-0.2, 0) is 11.2 Å². The summed E-state index contributed by atoms with van der Waals surface area (Å²) in [6, 6.07) is 18.1. The standard InChI is InChI=1S/C21H25NO2/c1-16-9-7-8-12-19(16)20(23)22-14-18(24-15-21(22,2)3)13-17-10-5-4-6-11-17/h4-12,18H,13-15H2,1-3H3. The molecule has 3 heteroatoms. The molecule has 2 aromatic rings. The van der Waals surface area contributed by atoms with E-state index in [1.807, 2.05) is 54.3 Å². The van der Waals surface area contributed by atoms with Crippen molar-refractivity contribution in [2.45, 2.75) is 38.8 Å². The van der Waals surface area contributed by atoms with Crippen LogP contribution >= 0.6 is 0 Å². The second-order valence-corrected chi connectivity index (χ2v) is 7.17. The first-order chi connectivity index (χ1) is 11.5. The van der Waals surface area contributed by atoms with E-state index in [1.54, 1.807) is 0 Å². The fraction of sp³-hybridized carbons (Fsp3) is 0.381. The summed E-state index contributed by atoms with van der Waals surface area (Å²) in [5.41, 5.74) is 2.74. The fourth-order valence-electron chi connectivity index (χ4n) is 3.22. The van der Waals surface area contributed by atoms with Crippen molar-refractivity contribution in [3.05, 3.63) is 71.3 Å². The van der Waals surface area contributed by atoms with E-state index in [0.717, 1.165) is 17.5 Å². The number of morpholine rings is 1. The van der Waals surface area contributed by atoms with Crippen LogP contribution in [0.4, 0.5) is 0 Å². The highest BCUT2D eigenvalue weighted by Crippen LogP contribution is 2.26. The van der Waals surface area contributed by atoms with Crippen LogP contribution in [-0.4, -0.2) is 35.6 Å². The molecule has 1 heterocycles. The summed E-state index contributed by atoms with van der Waals surface area (Å²) in [5.74, 6) is 0.0967. The summed E-state index contributed by atoms with van der Waals surface area (Å²) in [6.45, 7) is 7.31. The van der Waals surface area contributed by atoms with Crippen LogP contribution in [0.1, 0.15) is 35.3 Å². The average Bonchev–Trinajstić information content (AvgIpc) is 2.57. The maximum atomic E-state index is 13.1. The average molecular weight is 323 g/mol. The van der Waals surface area contributed by atoms with Crippen molar-refractivity contribution < 1.29 is 9.53 Å². The lowest BCUT2D eigenvalue weighted by Crippen LogP contribution is -2.58. The van der Waals surface area contributed by atoms with Crippen molar-refractivity contribution in [1.29, 1.82) is 0 Å². The topological polar surface area (TPSA) is 29.5 Å². The van der Waals surface area contributed by atoms with Crippen LogP contribution in [0.3, 0.4) is 0 Å². The molecule has 3 nitrogen and oxygen atoms in total. The molecule has 0 radical (unpaired) electrons. The van der Waals surface area contributed by atoms with Crippen molar-refractivity contribution in [2.24, 2.45) is 0 Å². The normalized spacial score (nSPS) is 20.0. The summed E-state index contributed by atoms with van der Waals surface area (Å²) < 4.78 is 6.05. The minimum Gasteiger partial charge on any atom is -0.374 e. The Morgan fingerprint density at radius 2 is 1.79 bits per heavy atom. The fourth-order valence-corrected chi connectivity index (χ4v) is 3.22. The lowest BCUT2D eigenvalue weighted by molar-refractivity contribution is -0.0822. The molecule has 1 aliphatic heterocycles. The van der Waals surface area contributed by atoms with Crippen molar-refractivity contribution >= 4 is 5.91 Å². The third kappa shape index (κ3) is 3.51. The lowest BCUT2D eigenvalue weighted by Gasteiger charge is -2.45. The molecule has 24 heavy (non-hydrogen) atoms. The largest absolute Gasteiger partial charge is 0.374 e. The van der Waals surface area contributed by atoms with Gasteiger partial charge in [-0.2, -0.15) is 0 Å². The third-order valence-corrected chi connectivity index (χ3v) is 4.72. The van der Waals surface area contributed by atoms with Gasteiger partial charge in [0.05, 0.1) is 18.2 Å². The molecule has 1 amide bonds. The van der Waals surface area contributed by atoms with E-state index in [1.165, 1.54) is 5.56 Å². The van der Waals surface area contributed by atoms with Gasteiger partial charge in [-0.15, -0.1) is 0 Å². The highest BCUT2D eigenvalue weighted by Gasteiger charge is 2.38. The molecule has 2 aromatic carbocycles. The van der Waals surface area contributed by atoms with Gasteiger partial charge in [0.15, 0.2) is 0 Å². The predicted octanol–water partition coefficient (Wildman–Crippen LogP) is 3.86. The molecule has 0 aliphatic carbocycles. The summed E-state index contributed by atoms with van der Waals surface area (Å²) in [4.78, 5) is 15.1. The number of ether oxygens (including phenoxy) is 1. The zero-order valence-electron chi connectivity index (χ0n) is 14.7. The van der Waals surface area contributed by atoms with Crippen LogP contribution in [0.25, 0.3) is 0 Å². The molecule has 1 atom stereocenters. The zero-order valence-corrected chi connectivity index (χ0v) is 14.7. The second kappa shape index (κ2) is 6.78. The van der Waals surface area contributed by atoms with Gasteiger partial charge in [0.25, 0.3) is 5.91 Å². The van der Waals surface area contributed by atoms with E-state index >= 15 is 0 Å². The molecule has 1 unspecified atom stereocenters. The van der Waals surface area contributed by atoms with Crippen LogP contribution < -0.4 is 0 Å². The van der Waals surface area contributed by atoms with Gasteiger partial charge in [-0.05, 0) is 38.0 Å². The zero-order chi connectivity index (χ0) is 17.2. The number of benzene rings is 2. The van der Waals surface area contributed by atoms with E-state index in [9.17, 15) is 4.79 Å². The van der Waals surface area contributed by atoms with Gasteiger partial charge in [-0.3, -0.25) is 4.79 Å². The van der Waals surface area contributed by atoms with E-state index in [-0.39, 0.29) is 17.6 Å². The van der Waals surface area contributed by atoms with Gasteiger partial charge in [0.1, 0.15) is 0 Å². The lowest BCUT2D eigenvalue weighted by atomic mass is 9.96. The first kappa shape index (κ1) is 16.7. The molecule has 3 rings (SSSR count). The van der Waals surface area contributed by atoms with Crippen molar-refractivity contribution in [1.82, 2.24) is 4.90 Å². The number of carbonyl (C=O) groups excluding carboxylic acids is 1. The molecule has 0 saturated carbocycles. The molecule has 0 N–H and O–H groups in total. The third-order valence-electron chi connectivity index (χ3n) is 4.72. The minimum absolute atomic E-state index is 0.0355. The Morgan fingerprint density at radius 1 is 1.12 bits per heavy atom. The molecular weight excluding hydrogens is 298 g/mol. The first-order valence-electron chi connectivity index (χ1n) is 8.50. The van der Waals surface area contributed by atoms with Crippen molar-refractivity contribution in [2.75, 3.05) is 13.2 Å². The predicted molar refractivity (Wildman–Crippen MR) is 96.2 cm³/mol. The highest BCUT2D eigenvalue weighted by atomic mass is 16.5. The minimum atomic E-state index is -0.299. The molecule has 1 aliphatic rings. The molecule has 1 fully saturated rings. The second-order valence-electron chi connectivity index (χ2n) is 7.17. The Bertz CT molecular complexity index is 709. The van der Waals surface area contributed by atoms with Crippen LogP contribution in [0.15, 0.2) is 54.6 Å². The Kier molecular flexibility index (Phi) is 4.72. The Hall–Kier alpha value is -2.13. The Balaban J connectivity index is 1.79. The number of carbonyl (C=O) groups is 1. The number of aryl methyl sites for hydroxylation is 1. The van der Waals surface area contributed by atoms with E-state index < -0.39 is 0 Å². The summed E-state index contributed by atoms with van der Waals surface area (Å²) >= 11 is 0. The molecular formula is C21H25NO2. The van der Waals surface area contributed by atoms with Gasteiger partial charge >= 0.3 is 0 Å². The van der Waals surface area contributed by atoms with Crippen LogP contribution in [0.2, 0.25) is 0 Å². The van der Waals surface area contributed by atoms with Gasteiger partial charge in [0, 0.05) is 18.5 Å². The number of hydrogen-bond acceptors (Lipinski definition) is 2. The van der Waals surface area contributed by atoms with Gasteiger partial charge in [0.2, 0.25) is 0 Å². The quantitative estimate of drug-likeness (QED) is 0.858. The number of nitrogens with zero attached hydrogens (tertiary/aromatic N) is 1. The molecule has 0 bridgehead atoms. The van der Waals surface area contributed by atoms with E-state index in [2.05, 4.69) is 26.0 Å². The summed E-state index contributed by atoms with van der Waals surface area (Å²) in [6.07, 6.45) is 0.863. The maximum Gasteiger partial charge on any atom is 0.254 e. The van der Waals surface area contributed by atoms with Crippen molar-refractivity contribution in [3.8, 4) is 0 Å². The summed E-state index contributed by atoms with van der Waals surface area (Å²) in [7, 11) is 0. The maximum absolute atomic E-state index is 13.1. The first-order valence-corrected chi connectivity index (χ1v) is 8.50. The summed E-state index contributed by atoms with van der Waals surface area (Å²) in [5, 5.41) is 0. The van der Waals surface area contributed by atoms with E-state index in [4.69, 9.17) is 4.74 Å². The molecule has 1 saturated heterocycles. The molecule has 0 spiro atoms. The number of rotatable bonds is 3. The van der Waals surface area contributed by atoms with E-state index in [0.29, 0.717) is 13.2 Å². The van der Waals surface area contributed by atoms with Gasteiger partial charge < -0.3 is 9.64 Å². The molecule has 0 aromatic heterocycles. The van der Waals surface area contributed by atoms with Crippen LogP contribution in [0.5, 0.6) is 0 Å². The Labute approximate surface area is 144 Å². The number of amides is 1. The highest BCUT2D eigenvalue weighted by molar-refractivity contribution is 5.96. The monoisotopic (exact) mass is 323 g/mol. The Morgan fingerprint density at radius 3 is 2.50 bits per heavy atom. The van der Waals surface area contributed by atoms with Crippen LogP contribution in [0, 0.1) is 6.92 Å². The van der Waals surface area contributed by atoms with Gasteiger partial charge in [-0.1, -0.05) is 48.5 Å². The SMILES string of the molecule is Cc1ccccc1C(=O)N1CC(Cc2ccccc2)OCC1(C)C. The van der Waals surface area contributed by atoms with Gasteiger partial charge in [-0.25, -0.2) is 0 Å². The number of hydrogen-bond donors (Lipinski definition) is 0. The van der Waals surface area contributed by atoms with Crippen molar-refractivity contribution in [3.63, 3.8) is 0 Å². The smallest absolute Gasteiger partial charge is 0.254 e. The molecule has 126 valence electrons.